The van der Waals surface area contributed by atoms with E-state index >= 15 is 0 Å². The third-order valence-electron chi connectivity index (χ3n) is 13.7. The molecule has 354 valence electrons. The number of allylic oxidation sites excluding steroid dienone is 8. The van der Waals surface area contributed by atoms with Crippen molar-refractivity contribution in [2.75, 3.05) is 6.54 Å². The first kappa shape index (κ1) is 50.3. The van der Waals surface area contributed by atoms with Crippen molar-refractivity contribution in [1.82, 2.24) is 9.80 Å². The molecule has 2 aromatic carbocycles. The zero-order chi connectivity index (χ0) is 47.7. The summed E-state index contributed by atoms with van der Waals surface area (Å²) in [4.78, 5) is 43.9. The number of aliphatic carboxylic acids is 1. The SMILES string of the molecule is CC(C)=CCC/C(C)=C/CC[C@@]1(C)Oc2c(c(O)c(Br)c3c2CN(CCC[C@@H](C(=O)O)N2Cc4c5c(c(O)c(Br)c4C2=O)C[C@H](O)[C@@](C)(CC/C=C(\C)CCC=C(C)C)O5)C3=O)C[C@@H]1O. The summed E-state index contributed by atoms with van der Waals surface area (Å²) in [6.07, 6.45) is 13.5. The molecule has 0 unspecified atom stereocenters. The van der Waals surface area contributed by atoms with E-state index < -0.39 is 41.3 Å². The van der Waals surface area contributed by atoms with Crippen LogP contribution in [0.2, 0.25) is 0 Å². The fourth-order valence-corrected chi connectivity index (χ4v) is 10.8. The predicted octanol–water partition coefficient (Wildman–Crippen LogP) is 10.5. The number of fused-ring (bicyclic) bond motifs is 6. The van der Waals surface area contributed by atoms with Gasteiger partial charge in [-0.3, -0.25) is 9.59 Å². The number of aliphatic hydroxyl groups is 2. The Hall–Kier alpha value is -4.11. The molecule has 12 nitrogen and oxygen atoms in total. The van der Waals surface area contributed by atoms with E-state index in [0.717, 1.165) is 25.7 Å². The molecule has 4 heterocycles. The van der Waals surface area contributed by atoms with Crippen LogP contribution in [0.3, 0.4) is 0 Å². The molecular weight excluding hydrogens is 960 g/mol. The van der Waals surface area contributed by atoms with E-state index in [1.165, 1.54) is 27.2 Å². The van der Waals surface area contributed by atoms with Crippen LogP contribution >= 0.6 is 31.9 Å². The molecule has 5 atom stereocenters. The Bertz CT molecular complexity index is 2340. The number of aliphatic hydroxyl groups excluding tert-OH is 2. The molecule has 6 rings (SSSR count). The van der Waals surface area contributed by atoms with E-state index in [0.29, 0.717) is 59.4 Å². The van der Waals surface area contributed by atoms with Crippen molar-refractivity contribution >= 4 is 49.6 Å². The van der Waals surface area contributed by atoms with Crippen LogP contribution in [0, 0.1) is 0 Å². The van der Waals surface area contributed by atoms with Gasteiger partial charge in [0, 0.05) is 41.6 Å². The molecule has 4 aliphatic rings. The second kappa shape index (κ2) is 20.4. The molecule has 14 heteroatoms. The maximum atomic E-state index is 14.1. The van der Waals surface area contributed by atoms with Gasteiger partial charge in [-0.15, -0.1) is 0 Å². The van der Waals surface area contributed by atoms with Crippen molar-refractivity contribution in [2.24, 2.45) is 0 Å². The van der Waals surface area contributed by atoms with Gasteiger partial charge in [0.1, 0.15) is 40.2 Å². The lowest BCUT2D eigenvalue weighted by Gasteiger charge is -2.41. The minimum absolute atomic E-state index is 0.0180. The van der Waals surface area contributed by atoms with Crippen molar-refractivity contribution in [2.45, 2.75) is 175 Å². The molecule has 5 N–H and O–H groups in total. The number of hydrogen-bond donors (Lipinski definition) is 5. The number of aromatic hydroxyl groups is 2. The van der Waals surface area contributed by atoms with E-state index in [4.69, 9.17) is 9.47 Å². The van der Waals surface area contributed by atoms with Crippen molar-refractivity contribution in [1.29, 1.82) is 0 Å². The van der Waals surface area contributed by atoms with Crippen LogP contribution in [-0.4, -0.2) is 89.1 Å². The van der Waals surface area contributed by atoms with Crippen molar-refractivity contribution in [3.63, 3.8) is 0 Å². The Balaban J connectivity index is 1.14. The Kier molecular flexibility index (Phi) is 15.8. The topological polar surface area (TPSA) is 177 Å². The molecule has 0 saturated carbocycles. The van der Waals surface area contributed by atoms with E-state index in [-0.39, 0.29) is 82.8 Å². The highest BCUT2D eigenvalue weighted by Gasteiger charge is 2.48. The lowest BCUT2D eigenvalue weighted by atomic mass is 9.84. The van der Waals surface area contributed by atoms with Gasteiger partial charge >= 0.3 is 5.97 Å². The first-order chi connectivity index (χ1) is 30.6. The Morgan fingerprint density at radius 2 is 1.15 bits per heavy atom. The number of carboxylic acids is 1. The number of phenolic OH excluding ortho intramolecular Hbond substituents is 2. The van der Waals surface area contributed by atoms with Crippen LogP contribution in [0.25, 0.3) is 0 Å². The second-order valence-corrected chi connectivity index (χ2v) is 21.0. The quantitative estimate of drug-likeness (QED) is 0.0903. The van der Waals surface area contributed by atoms with Crippen LogP contribution in [-0.2, 0) is 30.7 Å². The van der Waals surface area contributed by atoms with Crippen molar-refractivity contribution < 1.29 is 49.4 Å². The third kappa shape index (κ3) is 10.6. The molecule has 0 aromatic heterocycles. The highest BCUT2D eigenvalue weighted by molar-refractivity contribution is 9.11. The summed E-state index contributed by atoms with van der Waals surface area (Å²) < 4.78 is 13.5. The number of halogens is 2. The zero-order valence-electron chi connectivity index (χ0n) is 39.1. The number of carbonyl (C=O) groups is 3. The molecule has 0 aliphatic carbocycles. The number of amides is 2. The number of rotatable bonds is 18. The van der Waals surface area contributed by atoms with Crippen molar-refractivity contribution in [3.05, 3.63) is 88.9 Å². The van der Waals surface area contributed by atoms with Crippen LogP contribution < -0.4 is 9.47 Å². The number of ether oxygens (including phenoxy) is 2. The van der Waals surface area contributed by atoms with Gasteiger partial charge < -0.3 is 44.8 Å². The average Bonchev–Trinajstić information content (AvgIpc) is 3.74. The third-order valence-corrected chi connectivity index (χ3v) is 15.2. The zero-order valence-corrected chi connectivity index (χ0v) is 42.2. The molecule has 0 fully saturated rings. The number of nitrogens with zero attached hydrogens (tertiary/aromatic N) is 2. The van der Waals surface area contributed by atoms with Gasteiger partial charge in [0.25, 0.3) is 11.8 Å². The fraction of sp³-hybridized carbons (Fsp3) is 0.549. The molecule has 0 saturated heterocycles. The first-order valence-corrected chi connectivity index (χ1v) is 24.4. The summed E-state index contributed by atoms with van der Waals surface area (Å²) in [5, 5.41) is 55.8. The minimum atomic E-state index is -1.27. The minimum Gasteiger partial charge on any atom is -0.506 e. The largest absolute Gasteiger partial charge is 0.506 e. The van der Waals surface area contributed by atoms with E-state index in [1.807, 2.05) is 13.8 Å². The summed E-state index contributed by atoms with van der Waals surface area (Å²) in [6, 6.07) is -1.27. The van der Waals surface area contributed by atoms with E-state index in [9.17, 15) is 39.9 Å². The maximum absolute atomic E-state index is 14.1. The lowest BCUT2D eigenvalue weighted by Crippen LogP contribution is -2.49. The number of benzene rings is 2. The summed E-state index contributed by atoms with van der Waals surface area (Å²) in [7, 11) is 0. The lowest BCUT2D eigenvalue weighted by molar-refractivity contribution is -0.142. The Morgan fingerprint density at radius 3 is 1.60 bits per heavy atom. The molecular formula is C51H66Br2N2O10. The molecule has 2 amide bonds. The van der Waals surface area contributed by atoms with Gasteiger partial charge in [0.05, 0.1) is 45.4 Å². The van der Waals surface area contributed by atoms with Crippen molar-refractivity contribution in [3.8, 4) is 23.0 Å². The number of carbonyl (C=O) groups excluding carboxylic acids is 2. The molecule has 0 radical (unpaired) electrons. The Labute approximate surface area is 400 Å². The molecule has 4 aliphatic heterocycles. The summed E-state index contributed by atoms with van der Waals surface area (Å²) in [6.45, 7) is 16.4. The Morgan fingerprint density at radius 1 is 0.708 bits per heavy atom. The van der Waals surface area contributed by atoms with Crippen LogP contribution in [0.15, 0.2) is 55.5 Å². The van der Waals surface area contributed by atoms with Gasteiger partial charge in [0.15, 0.2) is 0 Å². The highest BCUT2D eigenvalue weighted by atomic mass is 79.9. The summed E-state index contributed by atoms with van der Waals surface area (Å²) in [5.41, 5.74) is 5.27. The summed E-state index contributed by atoms with van der Waals surface area (Å²) in [5.74, 6) is -1.83. The van der Waals surface area contributed by atoms with Crippen LogP contribution in [0.1, 0.15) is 163 Å². The van der Waals surface area contributed by atoms with Gasteiger partial charge in [-0.25, -0.2) is 4.79 Å². The number of carboxylic acid groups (broad SMARTS) is 1. The monoisotopic (exact) mass is 1020 g/mol. The fourth-order valence-electron chi connectivity index (χ4n) is 9.52. The standard InChI is InChI=1S/C51H66Br2N2O10/c1-28(2)14-9-16-30(5)18-11-21-50(7)37(56)24-32-43(58)41(52)39-34(45(32)64-50)26-54(47(39)60)23-13-20-36(49(62)63)55-27-35-40(48(55)61)42(53)44(59)33-25-38(57)51(8,65-46(33)35)22-12-19-31(6)17-10-15-29(3)4/h14-15,18-19,36-38,56-59H,9-13,16-17,20-27H2,1-8H3,(H,62,63)/b30-18+,31-19+/t36-,37-,38-,50+,51+/m0/s1. The van der Waals surface area contributed by atoms with Gasteiger partial charge in [-0.05, 0) is 151 Å². The first-order valence-electron chi connectivity index (χ1n) is 22.9. The molecule has 0 bridgehead atoms. The molecule has 65 heavy (non-hydrogen) atoms. The second-order valence-electron chi connectivity index (χ2n) is 19.4. The smallest absolute Gasteiger partial charge is 0.326 e. The van der Waals surface area contributed by atoms with E-state index in [2.05, 4.69) is 97.7 Å². The number of hydrogen-bond acceptors (Lipinski definition) is 9. The van der Waals surface area contributed by atoms with Crippen LogP contribution in [0.4, 0.5) is 0 Å². The average molecular weight is 1030 g/mol. The number of phenols is 2. The normalized spacial score (nSPS) is 23.0. The molecule has 0 spiro atoms. The van der Waals surface area contributed by atoms with Gasteiger partial charge in [0.2, 0.25) is 0 Å². The maximum Gasteiger partial charge on any atom is 0.326 e. The molecule has 2 aromatic rings. The predicted molar refractivity (Wildman–Crippen MR) is 258 cm³/mol. The summed E-state index contributed by atoms with van der Waals surface area (Å²) >= 11 is 6.86. The van der Waals surface area contributed by atoms with Crippen LogP contribution in [0.5, 0.6) is 23.0 Å². The highest BCUT2D eigenvalue weighted by Crippen LogP contribution is 2.52. The van der Waals surface area contributed by atoms with Gasteiger partial charge in [-0.2, -0.15) is 0 Å². The van der Waals surface area contributed by atoms with E-state index in [1.54, 1.807) is 4.90 Å². The van der Waals surface area contributed by atoms with Gasteiger partial charge in [-0.1, -0.05) is 46.6 Å².